The van der Waals surface area contributed by atoms with Crippen LogP contribution >= 0.6 is 0 Å². The van der Waals surface area contributed by atoms with Gasteiger partial charge in [0.2, 0.25) is 5.91 Å². The highest BCUT2D eigenvalue weighted by Gasteiger charge is 2.78. The predicted octanol–water partition coefficient (Wildman–Crippen LogP) is 5.28. The van der Waals surface area contributed by atoms with E-state index in [4.69, 9.17) is 23.8 Å². The Morgan fingerprint density at radius 2 is 1.67 bits per heavy atom. The van der Waals surface area contributed by atoms with Crippen LogP contribution in [0.2, 0.25) is 0 Å². The van der Waals surface area contributed by atoms with Gasteiger partial charge in [-0.1, -0.05) is 66.7 Å². The van der Waals surface area contributed by atoms with Gasteiger partial charge in [0.25, 0.3) is 5.91 Å². The summed E-state index contributed by atoms with van der Waals surface area (Å²) in [6.45, 7) is 5.19. The van der Waals surface area contributed by atoms with Crippen molar-refractivity contribution in [2.75, 3.05) is 6.61 Å². The maximum absolute atomic E-state index is 15.0. The average Bonchev–Trinajstić information content (AvgIpc) is 4.21. The van der Waals surface area contributed by atoms with Crippen LogP contribution in [-0.4, -0.2) is 93.5 Å². The smallest absolute Gasteiger partial charge is 0.327 e. The molecular formula is C49H57N3O11. The number of nitrogens with zero attached hydrogens (tertiary/aromatic N) is 1. The standard InChI is InChI=1S/C49H57N3O11/c1-47(2,3)60-39(55)23-22-36(28-53)51-44(56)32-16-8-10-29(24-32)26-50-46(58)48-25-38-40-41(62-49(61-40,34-18-19-34)35-20-21-35)43(48)63-52(42(48)45(57)59-38)27-33-13-5-4-11-30(33)14-9-15-31-12-6-7-17-37(31)54/h4-14,16-17,24,34-36,38,40-43,53-54H,15,18-23,25-28H2,1-3H3,(H,50,58)(H,51,56). The van der Waals surface area contributed by atoms with Crippen LogP contribution in [0.25, 0.3) is 6.08 Å². The summed E-state index contributed by atoms with van der Waals surface area (Å²) in [5.41, 5.74) is 1.48. The van der Waals surface area contributed by atoms with Gasteiger partial charge in [-0.05, 0) is 99.7 Å². The molecule has 3 heterocycles. The molecular weight excluding hydrogens is 807 g/mol. The fourth-order valence-electron chi connectivity index (χ4n) is 10.0. The number of nitrogens with one attached hydrogen (secondary N) is 2. The van der Waals surface area contributed by atoms with Crippen molar-refractivity contribution in [1.82, 2.24) is 15.7 Å². The summed E-state index contributed by atoms with van der Waals surface area (Å²) in [5.74, 6) is -1.89. The van der Waals surface area contributed by atoms with Gasteiger partial charge in [-0.2, -0.15) is 5.06 Å². The van der Waals surface area contributed by atoms with Crippen LogP contribution in [0.3, 0.4) is 0 Å². The van der Waals surface area contributed by atoms with Crippen molar-refractivity contribution in [3.8, 4) is 5.75 Å². The third-order valence-electron chi connectivity index (χ3n) is 13.2. The second-order valence-electron chi connectivity index (χ2n) is 19.0. The quantitative estimate of drug-likeness (QED) is 0.137. The zero-order valence-electron chi connectivity index (χ0n) is 36.0. The first kappa shape index (κ1) is 43.1. The molecule has 7 unspecified atom stereocenters. The molecule has 0 spiro atoms. The number of rotatable bonds is 16. The first-order valence-electron chi connectivity index (χ1n) is 22.3. The number of phenols is 1. The number of amides is 2. The molecule has 0 radical (unpaired) electrons. The Hall–Kier alpha value is -5.12. The summed E-state index contributed by atoms with van der Waals surface area (Å²) in [4.78, 5) is 61.9. The normalized spacial score (nSPS) is 27.7. The van der Waals surface area contributed by atoms with Gasteiger partial charge < -0.3 is 39.8 Å². The topological polar surface area (TPSA) is 182 Å². The SMILES string of the molecule is CC(C)(C)OC(=O)CCC(CO)NC(=O)c1cccc(CNC(=O)C23CC4OC(=O)C2N(Cc2ccccc2C=CCc2ccccc2O)OC3C2OC(C3CC3)(C3CC3)OC42)c1. The van der Waals surface area contributed by atoms with E-state index in [0.29, 0.717) is 17.5 Å². The molecule has 3 saturated carbocycles. The number of aliphatic hydroxyl groups is 1. The minimum atomic E-state index is -1.39. The van der Waals surface area contributed by atoms with Crippen molar-refractivity contribution in [3.63, 3.8) is 0 Å². The molecule has 2 bridgehead atoms. The lowest BCUT2D eigenvalue weighted by Gasteiger charge is -2.48. The zero-order chi connectivity index (χ0) is 44.1. The third-order valence-corrected chi connectivity index (χ3v) is 13.2. The van der Waals surface area contributed by atoms with Gasteiger partial charge in [-0.15, -0.1) is 0 Å². The summed E-state index contributed by atoms with van der Waals surface area (Å²) in [7, 11) is 0. The molecule has 63 heavy (non-hydrogen) atoms. The van der Waals surface area contributed by atoms with Crippen molar-refractivity contribution < 1.29 is 53.2 Å². The highest BCUT2D eigenvalue weighted by Crippen LogP contribution is 2.64. The number of allylic oxidation sites excluding steroid dienone is 1. The van der Waals surface area contributed by atoms with Gasteiger partial charge in [0.15, 0.2) is 11.8 Å². The van der Waals surface area contributed by atoms with Crippen molar-refractivity contribution in [2.24, 2.45) is 17.3 Å². The van der Waals surface area contributed by atoms with E-state index in [0.717, 1.165) is 42.4 Å². The largest absolute Gasteiger partial charge is 0.508 e. The number of phenolic OH excluding ortho intramolecular Hbond substituents is 1. The maximum atomic E-state index is 15.0. The summed E-state index contributed by atoms with van der Waals surface area (Å²) in [6, 6.07) is 20.0. The lowest BCUT2D eigenvalue weighted by Crippen LogP contribution is -2.69. The van der Waals surface area contributed by atoms with Crippen LogP contribution in [0.15, 0.2) is 78.9 Å². The molecule has 4 N–H and O–H groups in total. The molecule has 3 aromatic rings. The van der Waals surface area contributed by atoms with Crippen molar-refractivity contribution in [2.45, 2.75) is 133 Å². The number of ether oxygens (including phenoxy) is 4. The van der Waals surface area contributed by atoms with Crippen molar-refractivity contribution >= 4 is 29.8 Å². The third kappa shape index (κ3) is 8.63. The van der Waals surface area contributed by atoms with Gasteiger partial charge in [-0.25, -0.2) is 0 Å². The van der Waals surface area contributed by atoms with E-state index >= 15 is 4.79 Å². The molecule has 14 nitrogen and oxygen atoms in total. The number of benzene rings is 3. The minimum Gasteiger partial charge on any atom is -0.508 e. The zero-order valence-corrected chi connectivity index (χ0v) is 36.0. The summed E-state index contributed by atoms with van der Waals surface area (Å²) >= 11 is 0. The maximum Gasteiger partial charge on any atom is 0.327 e. The summed E-state index contributed by atoms with van der Waals surface area (Å²) < 4.78 is 25.5. The molecule has 3 aliphatic carbocycles. The molecule has 334 valence electrons. The summed E-state index contributed by atoms with van der Waals surface area (Å²) in [6.07, 6.45) is 6.02. The first-order valence-corrected chi connectivity index (χ1v) is 22.3. The lowest BCUT2D eigenvalue weighted by molar-refractivity contribution is -0.235. The van der Waals surface area contributed by atoms with E-state index in [-0.39, 0.29) is 62.5 Å². The van der Waals surface area contributed by atoms with Gasteiger partial charge in [-0.3, -0.25) is 24.0 Å². The molecule has 6 fully saturated rings. The molecule has 14 heteroatoms. The predicted molar refractivity (Wildman–Crippen MR) is 228 cm³/mol. The molecule has 9 rings (SSSR count). The Balaban J connectivity index is 0.950. The van der Waals surface area contributed by atoms with Gasteiger partial charge in [0.05, 0.1) is 19.2 Å². The second-order valence-corrected chi connectivity index (χ2v) is 19.0. The Kier molecular flexibility index (Phi) is 11.7. The molecule has 3 saturated heterocycles. The monoisotopic (exact) mass is 863 g/mol. The Bertz CT molecular complexity index is 2250. The number of carbonyl (C=O) groups excluding carboxylic acids is 4. The number of aliphatic hydroxyl groups excluding tert-OH is 1. The number of esters is 2. The summed E-state index contributed by atoms with van der Waals surface area (Å²) in [5, 5.41) is 27.8. The van der Waals surface area contributed by atoms with E-state index in [9.17, 15) is 24.6 Å². The van der Waals surface area contributed by atoms with E-state index in [1.54, 1.807) is 62.2 Å². The minimum absolute atomic E-state index is 0.0273. The molecule has 0 aromatic heterocycles. The fourth-order valence-corrected chi connectivity index (χ4v) is 10.0. The van der Waals surface area contributed by atoms with Crippen LogP contribution in [-0.2, 0) is 57.7 Å². The first-order chi connectivity index (χ1) is 30.3. The number of fused-ring (bicyclic) bond motifs is 4. The van der Waals surface area contributed by atoms with Crippen LogP contribution < -0.4 is 10.6 Å². The average molecular weight is 864 g/mol. The Labute approximate surface area is 367 Å². The van der Waals surface area contributed by atoms with E-state index < -0.39 is 71.1 Å². The second kappa shape index (κ2) is 17.1. The van der Waals surface area contributed by atoms with E-state index in [1.165, 1.54) is 0 Å². The number of para-hydroxylation sites is 1. The fraction of sp³-hybridized carbons (Fsp3) is 0.510. The number of carbonyl (C=O) groups is 4. The van der Waals surface area contributed by atoms with Crippen molar-refractivity contribution in [1.29, 1.82) is 0 Å². The van der Waals surface area contributed by atoms with Crippen LogP contribution in [0.5, 0.6) is 5.75 Å². The highest BCUT2D eigenvalue weighted by atomic mass is 16.8. The molecule has 6 aliphatic rings. The van der Waals surface area contributed by atoms with Gasteiger partial charge in [0.1, 0.15) is 41.2 Å². The number of hydrogen-bond acceptors (Lipinski definition) is 12. The van der Waals surface area contributed by atoms with Crippen LogP contribution in [0.4, 0.5) is 0 Å². The lowest BCUT2D eigenvalue weighted by atomic mass is 9.62. The van der Waals surface area contributed by atoms with Gasteiger partial charge >= 0.3 is 11.9 Å². The van der Waals surface area contributed by atoms with E-state index in [2.05, 4.69) is 10.6 Å². The molecule has 2 amide bonds. The molecule has 3 aliphatic heterocycles. The molecule has 7 atom stereocenters. The Morgan fingerprint density at radius 1 is 0.952 bits per heavy atom. The van der Waals surface area contributed by atoms with Crippen LogP contribution in [0.1, 0.15) is 98.3 Å². The Morgan fingerprint density at radius 3 is 2.38 bits per heavy atom. The number of hydroxylamine groups is 2. The number of aromatic hydroxyl groups is 1. The highest BCUT2D eigenvalue weighted by molar-refractivity contribution is 5.95. The number of hydrogen-bond donors (Lipinski definition) is 4. The molecule has 3 aromatic carbocycles. The van der Waals surface area contributed by atoms with Crippen LogP contribution in [0, 0.1) is 17.3 Å². The van der Waals surface area contributed by atoms with Gasteiger partial charge in [0, 0.05) is 36.8 Å². The van der Waals surface area contributed by atoms with Crippen molar-refractivity contribution in [3.05, 3.63) is 107 Å². The van der Waals surface area contributed by atoms with E-state index in [1.807, 2.05) is 48.6 Å².